The third kappa shape index (κ3) is 7.93. The molecule has 0 aliphatic carbocycles. The molecule has 0 aliphatic heterocycles. The van der Waals surface area contributed by atoms with Crippen molar-refractivity contribution in [1.29, 1.82) is 5.26 Å². The fourth-order valence-electron chi connectivity index (χ4n) is 3.03. The molecule has 2 aromatic carbocycles. The van der Waals surface area contributed by atoms with Gasteiger partial charge in [-0.1, -0.05) is 29.9 Å². The molecule has 0 radical (unpaired) electrons. The molecule has 0 fully saturated rings. The summed E-state index contributed by atoms with van der Waals surface area (Å²) < 4.78 is 16.8. The highest BCUT2D eigenvalue weighted by Gasteiger charge is 2.16. The van der Waals surface area contributed by atoms with Gasteiger partial charge in [0.25, 0.3) is 5.91 Å². The van der Waals surface area contributed by atoms with Crippen molar-refractivity contribution in [2.24, 2.45) is 0 Å². The van der Waals surface area contributed by atoms with Gasteiger partial charge in [0, 0.05) is 12.6 Å². The van der Waals surface area contributed by atoms with Gasteiger partial charge in [-0.25, -0.2) is 0 Å². The molecule has 1 aromatic heterocycles. The van der Waals surface area contributed by atoms with Crippen LogP contribution in [0.5, 0.6) is 17.2 Å². The molecule has 3 rings (SSSR count). The number of hydrogen-bond donors (Lipinski definition) is 2. The van der Waals surface area contributed by atoms with Crippen molar-refractivity contribution in [2.45, 2.75) is 20.3 Å². The Hall–Kier alpha value is -4.14. The quantitative estimate of drug-likeness (QED) is 0.202. The van der Waals surface area contributed by atoms with Crippen LogP contribution in [0.3, 0.4) is 0 Å². The fraction of sp³-hybridized carbons (Fsp3) is 0.240. The number of anilines is 2. The number of aromatic nitrogens is 2. The summed E-state index contributed by atoms with van der Waals surface area (Å²) in [4.78, 5) is 23.6. The molecule has 0 unspecified atom stereocenters. The molecule has 2 amide bonds. The number of nitrogens with one attached hydrogen (secondary N) is 2. The molecule has 0 atom stereocenters. The van der Waals surface area contributed by atoms with Gasteiger partial charge in [0.1, 0.15) is 35.6 Å². The van der Waals surface area contributed by atoms with Crippen LogP contribution in [-0.4, -0.2) is 42.3 Å². The van der Waals surface area contributed by atoms with E-state index < -0.39 is 5.91 Å². The first kappa shape index (κ1) is 27.4. The minimum absolute atomic E-state index is 0.141. The molecule has 3 aromatic rings. The van der Waals surface area contributed by atoms with E-state index in [2.05, 4.69) is 20.8 Å². The Balaban J connectivity index is 1.63. The van der Waals surface area contributed by atoms with Crippen LogP contribution >= 0.6 is 22.9 Å². The molecule has 0 aliphatic rings. The molecular formula is C25H24ClN5O5S. The minimum Gasteiger partial charge on any atom is -0.493 e. The molecule has 0 saturated heterocycles. The average Bonchev–Trinajstić information content (AvgIpc) is 3.33. The first-order valence-corrected chi connectivity index (χ1v) is 12.3. The standard InChI is InChI=1S/C25H24ClN5O5S/c1-4-22-30-31-25(37-22)29-24(33)17(14-27)11-16-12-20(26)23(21(13-16)34-3)36-10-9-35-19-7-5-18(6-8-19)28-15(2)32/h5-8,11-13H,4,9-10H2,1-3H3,(H,28,32)(H,29,31,33). The Labute approximate surface area is 222 Å². The predicted octanol–water partition coefficient (Wildman–Crippen LogP) is 4.72. The zero-order valence-electron chi connectivity index (χ0n) is 20.3. The summed E-state index contributed by atoms with van der Waals surface area (Å²) in [6.45, 7) is 3.77. The van der Waals surface area contributed by atoms with Gasteiger partial charge in [0.2, 0.25) is 11.0 Å². The second-order valence-corrected chi connectivity index (χ2v) is 8.88. The van der Waals surface area contributed by atoms with Crippen LogP contribution in [-0.2, 0) is 16.0 Å². The van der Waals surface area contributed by atoms with E-state index in [1.807, 2.05) is 13.0 Å². The van der Waals surface area contributed by atoms with Crippen molar-refractivity contribution in [2.75, 3.05) is 31.0 Å². The number of benzene rings is 2. The highest BCUT2D eigenvalue weighted by molar-refractivity contribution is 7.15. The summed E-state index contributed by atoms with van der Waals surface area (Å²) in [5, 5.41) is 23.9. The third-order valence-electron chi connectivity index (χ3n) is 4.69. The van der Waals surface area contributed by atoms with Gasteiger partial charge in [0.15, 0.2) is 11.5 Å². The Morgan fingerprint density at radius 1 is 1.14 bits per heavy atom. The number of nitriles is 1. The van der Waals surface area contributed by atoms with Crippen molar-refractivity contribution in [3.05, 3.63) is 57.6 Å². The van der Waals surface area contributed by atoms with E-state index in [4.69, 9.17) is 25.8 Å². The lowest BCUT2D eigenvalue weighted by Gasteiger charge is -2.14. The molecule has 12 heteroatoms. The van der Waals surface area contributed by atoms with E-state index in [1.165, 1.54) is 31.4 Å². The predicted molar refractivity (Wildman–Crippen MR) is 141 cm³/mol. The Bertz CT molecular complexity index is 1330. The lowest BCUT2D eigenvalue weighted by atomic mass is 10.1. The zero-order valence-corrected chi connectivity index (χ0v) is 21.9. The molecular weight excluding hydrogens is 518 g/mol. The number of carbonyl (C=O) groups is 2. The smallest absolute Gasteiger partial charge is 0.268 e. The summed E-state index contributed by atoms with van der Waals surface area (Å²) >= 11 is 7.66. The number of ether oxygens (including phenoxy) is 3. The SMILES string of the molecule is CCc1nnc(NC(=O)C(C#N)=Cc2cc(Cl)c(OCCOc3ccc(NC(C)=O)cc3)c(OC)c2)s1. The van der Waals surface area contributed by atoms with Gasteiger partial charge in [-0.2, -0.15) is 5.26 Å². The molecule has 2 N–H and O–H groups in total. The Morgan fingerprint density at radius 2 is 1.86 bits per heavy atom. The van der Waals surface area contributed by atoms with Crippen LogP contribution in [0, 0.1) is 11.3 Å². The van der Waals surface area contributed by atoms with E-state index in [0.29, 0.717) is 40.1 Å². The average molecular weight is 542 g/mol. The van der Waals surface area contributed by atoms with Crippen LogP contribution < -0.4 is 24.8 Å². The van der Waals surface area contributed by atoms with Gasteiger partial charge in [0.05, 0.1) is 12.1 Å². The lowest BCUT2D eigenvalue weighted by Crippen LogP contribution is -2.13. The van der Waals surface area contributed by atoms with Crippen LogP contribution in [0.4, 0.5) is 10.8 Å². The summed E-state index contributed by atoms with van der Waals surface area (Å²) in [7, 11) is 1.46. The number of carbonyl (C=O) groups excluding carboxylic acids is 2. The van der Waals surface area contributed by atoms with Crippen molar-refractivity contribution >= 4 is 51.6 Å². The zero-order chi connectivity index (χ0) is 26.8. The van der Waals surface area contributed by atoms with Gasteiger partial charge in [-0.15, -0.1) is 10.2 Å². The van der Waals surface area contributed by atoms with Crippen LogP contribution in [0.1, 0.15) is 24.4 Å². The van der Waals surface area contributed by atoms with E-state index >= 15 is 0 Å². The molecule has 0 bridgehead atoms. The second-order valence-electron chi connectivity index (χ2n) is 7.42. The highest BCUT2D eigenvalue weighted by atomic mass is 35.5. The summed E-state index contributed by atoms with van der Waals surface area (Å²) in [6, 6.07) is 12.0. The number of aryl methyl sites for hydroxylation is 1. The van der Waals surface area contributed by atoms with Gasteiger partial charge < -0.3 is 19.5 Å². The van der Waals surface area contributed by atoms with Crippen molar-refractivity contribution in [1.82, 2.24) is 10.2 Å². The van der Waals surface area contributed by atoms with Gasteiger partial charge in [-0.3, -0.25) is 14.9 Å². The van der Waals surface area contributed by atoms with E-state index in [1.54, 1.807) is 36.4 Å². The molecule has 0 spiro atoms. The first-order chi connectivity index (χ1) is 17.8. The number of methoxy groups -OCH3 is 1. The molecule has 10 nitrogen and oxygen atoms in total. The second kappa shape index (κ2) is 13.2. The van der Waals surface area contributed by atoms with E-state index in [0.717, 1.165) is 5.01 Å². The third-order valence-corrected chi connectivity index (χ3v) is 5.95. The van der Waals surface area contributed by atoms with Crippen molar-refractivity contribution in [3.63, 3.8) is 0 Å². The Kier molecular flexibility index (Phi) is 9.83. The minimum atomic E-state index is -0.612. The maximum atomic E-state index is 12.5. The summed E-state index contributed by atoms with van der Waals surface area (Å²) in [5.74, 6) is 0.472. The van der Waals surface area contributed by atoms with Crippen molar-refractivity contribution < 1.29 is 23.8 Å². The maximum Gasteiger partial charge on any atom is 0.268 e. The number of hydrogen-bond acceptors (Lipinski definition) is 9. The van der Waals surface area contributed by atoms with Crippen LogP contribution in [0.15, 0.2) is 42.0 Å². The lowest BCUT2D eigenvalue weighted by molar-refractivity contribution is -0.114. The molecule has 37 heavy (non-hydrogen) atoms. The fourth-order valence-corrected chi connectivity index (χ4v) is 3.98. The van der Waals surface area contributed by atoms with Crippen molar-refractivity contribution in [3.8, 4) is 23.3 Å². The Morgan fingerprint density at radius 3 is 2.49 bits per heavy atom. The van der Waals surface area contributed by atoms with Crippen LogP contribution in [0.25, 0.3) is 6.08 Å². The number of amides is 2. The summed E-state index contributed by atoms with van der Waals surface area (Å²) in [6.07, 6.45) is 2.09. The molecule has 1 heterocycles. The van der Waals surface area contributed by atoms with Crippen LogP contribution in [0.2, 0.25) is 5.02 Å². The topological polar surface area (TPSA) is 135 Å². The largest absolute Gasteiger partial charge is 0.493 e. The normalized spacial score (nSPS) is 10.8. The van der Waals surface area contributed by atoms with E-state index in [-0.39, 0.29) is 29.7 Å². The van der Waals surface area contributed by atoms with E-state index in [9.17, 15) is 14.9 Å². The number of nitrogens with zero attached hydrogens (tertiary/aromatic N) is 3. The monoisotopic (exact) mass is 541 g/mol. The molecule has 0 saturated carbocycles. The number of rotatable bonds is 11. The maximum absolute atomic E-state index is 12.5. The molecule has 192 valence electrons. The number of halogens is 1. The first-order valence-electron chi connectivity index (χ1n) is 11.1. The van der Waals surface area contributed by atoms with Gasteiger partial charge >= 0.3 is 0 Å². The summed E-state index contributed by atoms with van der Waals surface area (Å²) in [5.41, 5.74) is 1.01. The highest BCUT2D eigenvalue weighted by Crippen LogP contribution is 2.37. The van der Waals surface area contributed by atoms with Gasteiger partial charge in [-0.05, 0) is 54.5 Å².